The molecule has 2 heterocycles. The van der Waals surface area contributed by atoms with Gasteiger partial charge in [-0.15, -0.1) is 0 Å². The molecule has 0 aliphatic carbocycles. The Morgan fingerprint density at radius 3 is 2.44 bits per heavy atom. The molecule has 1 aliphatic rings. The van der Waals surface area contributed by atoms with Crippen LogP contribution < -0.4 is 10.0 Å². The molecule has 0 bridgehead atoms. The number of nitrogens with two attached hydrogens (primary N) is 1. The molecule has 0 spiro atoms. The number of hydrogen-bond acceptors (Lipinski definition) is 5. The topological polar surface area (TPSA) is 89.2 Å². The summed E-state index contributed by atoms with van der Waals surface area (Å²) >= 11 is 0. The molecule has 1 aromatic heterocycles. The largest absolute Gasteiger partial charge is 0.341 e. The lowest BCUT2D eigenvalue weighted by atomic mass is 10.1. The number of aromatic nitrogens is 2. The van der Waals surface area contributed by atoms with Crippen molar-refractivity contribution in [3.63, 3.8) is 0 Å². The molecular formula is C11H18N4O2S. The van der Waals surface area contributed by atoms with Crippen molar-refractivity contribution >= 4 is 16.0 Å². The molecular weight excluding hydrogens is 252 g/mol. The van der Waals surface area contributed by atoms with Crippen molar-refractivity contribution in [2.45, 2.75) is 31.9 Å². The van der Waals surface area contributed by atoms with E-state index < -0.39 is 15.3 Å². The molecule has 7 heteroatoms. The Kier molecular flexibility index (Phi) is 3.54. The van der Waals surface area contributed by atoms with Crippen molar-refractivity contribution < 1.29 is 8.42 Å². The Morgan fingerprint density at radius 2 is 1.94 bits per heavy atom. The van der Waals surface area contributed by atoms with Gasteiger partial charge >= 0.3 is 0 Å². The van der Waals surface area contributed by atoms with Crippen LogP contribution >= 0.6 is 0 Å². The zero-order valence-corrected chi connectivity index (χ0v) is 11.4. The zero-order valence-electron chi connectivity index (χ0n) is 10.6. The third kappa shape index (κ3) is 2.78. The highest BCUT2D eigenvalue weighted by molar-refractivity contribution is 7.89. The van der Waals surface area contributed by atoms with E-state index in [4.69, 9.17) is 5.14 Å². The van der Waals surface area contributed by atoms with Crippen molar-refractivity contribution in [1.29, 1.82) is 0 Å². The van der Waals surface area contributed by atoms with Crippen molar-refractivity contribution in [2.75, 3.05) is 18.0 Å². The summed E-state index contributed by atoms with van der Waals surface area (Å²) in [6.45, 7) is 5.16. The van der Waals surface area contributed by atoms with E-state index in [1.807, 2.05) is 18.7 Å². The molecule has 2 N–H and O–H groups in total. The van der Waals surface area contributed by atoms with E-state index >= 15 is 0 Å². The fourth-order valence-electron chi connectivity index (χ4n) is 2.05. The van der Waals surface area contributed by atoms with Gasteiger partial charge in [-0.2, -0.15) is 0 Å². The quantitative estimate of drug-likeness (QED) is 0.837. The fourth-order valence-corrected chi connectivity index (χ4v) is 2.92. The van der Waals surface area contributed by atoms with Gasteiger partial charge in [0, 0.05) is 25.0 Å². The van der Waals surface area contributed by atoms with Crippen LogP contribution in [0.25, 0.3) is 0 Å². The SMILES string of the molecule is Cc1cnc(N2CCC(S(N)(=O)=O)CC2)nc1C. The van der Waals surface area contributed by atoms with Crippen LogP contribution in [0.2, 0.25) is 0 Å². The summed E-state index contributed by atoms with van der Waals surface area (Å²) in [5, 5.41) is 4.73. The van der Waals surface area contributed by atoms with Gasteiger partial charge in [0.2, 0.25) is 16.0 Å². The maximum Gasteiger partial charge on any atom is 0.225 e. The molecule has 6 nitrogen and oxygen atoms in total. The molecule has 18 heavy (non-hydrogen) atoms. The maximum atomic E-state index is 11.3. The molecule has 0 unspecified atom stereocenters. The van der Waals surface area contributed by atoms with Gasteiger partial charge in [-0.3, -0.25) is 0 Å². The van der Waals surface area contributed by atoms with Gasteiger partial charge in [0.15, 0.2) is 0 Å². The van der Waals surface area contributed by atoms with Gasteiger partial charge in [0.1, 0.15) is 0 Å². The van der Waals surface area contributed by atoms with Crippen molar-refractivity contribution in [2.24, 2.45) is 5.14 Å². The number of anilines is 1. The molecule has 1 aromatic rings. The molecule has 0 saturated carbocycles. The van der Waals surface area contributed by atoms with E-state index in [1.54, 1.807) is 6.20 Å². The van der Waals surface area contributed by atoms with E-state index in [2.05, 4.69) is 9.97 Å². The van der Waals surface area contributed by atoms with Crippen molar-refractivity contribution in [1.82, 2.24) is 9.97 Å². The minimum atomic E-state index is -3.41. The van der Waals surface area contributed by atoms with Gasteiger partial charge in [0.05, 0.1) is 5.25 Å². The zero-order chi connectivity index (χ0) is 13.3. The predicted molar refractivity (Wildman–Crippen MR) is 69.8 cm³/mol. The van der Waals surface area contributed by atoms with Gasteiger partial charge in [-0.1, -0.05) is 0 Å². The van der Waals surface area contributed by atoms with Crippen LogP contribution in [0.1, 0.15) is 24.1 Å². The average molecular weight is 270 g/mol. The lowest BCUT2D eigenvalue weighted by Gasteiger charge is -2.30. The first-order valence-corrected chi connectivity index (χ1v) is 7.55. The summed E-state index contributed by atoms with van der Waals surface area (Å²) in [5.41, 5.74) is 2.01. The van der Waals surface area contributed by atoms with Crippen molar-refractivity contribution in [3.8, 4) is 0 Å². The number of aryl methyl sites for hydroxylation is 2. The molecule has 0 radical (unpaired) electrons. The van der Waals surface area contributed by atoms with Crippen LogP contribution in [0.3, 0.4) is 0 Å². The third-order valence-electron chi connectivity index (χ3n) is 3.40. The second-order valence-electron chi connectivity index (χ2n) is 4.71. The van der Waals surface area contributed by atoms with Crippen LogP contribution in [0, 0.1) is 13.8 Å². The second-order valence-corrected chi connectivity index (χ2v) is 6.56. The minimum absolute atomic E-state index is 0.430. The smallest absolute Gasteiger partial charge is 0.225 e. The van der Waals surface area contributed by atoms with Crippen LogP contribution in [0.15, 0.2) is 6.20 Å². The molecule has 2 rings (SSSR count). The Bertz CT molecular complexity index is 536. The second kappa shape index (κ2) is 4.81. The van der Waals surface area contributed by atoms with Crippen molar-refractivity contribution in [3.05, 3.63) is 17.5 Å². The Morgan fingerprint density at radius 1 is 1.33 bits per heavy atom. The third-order valence-corrected chi connectivity index (χ3v) is 4.80. The standard InChI is InChI=1S/C11H18N4O2S/c1-8-7-13-11(14-9(8)2)15-5-3-10(4-6-15)18(12,16)17/h7,10H,3-6H2,1-2H3,(H2,12,16,17). The maximum absolute atomic E-state index is 11.3. The summed E-state index contributed by atoms with van der Waals surface area (Å²) in [7, 11) is -3.41. The monoisotopic (exact) mass is 270 g/mol. The van der Waals surface area contributed by atoms with E-state index in [0.717, 1.165) is 11.3 Å². The summed E-state index contributed by atoms with van der Waals surface area (Å²) in [6, 6.07) is 0. The van der Waals surface area contributed by atoms with E-state index in [0.29, 0.717) is 31.9 Å². The summed E-state index contributed by atoms with van der Waals surface area (Å²) in [4.78, 5) is 10.7. The molecule has 0 amide bonds. The molecule has 1 saturated heterocycles. The minimum Gasteiger partial charge on any atom is -0.341 e. The van der Waals surface area contributed by atoms with Crippen LogP contribution in [-0.2, 0) is 10.0 Å². The first kappa shape index (κ1) is 13.2. The molecule has 0 atom stereocenters. The summed E-state index contributed by atoms with van der Waals surface area (Å²) in [5.74, 6) is 0.672. The number of nitrogens with zero attached hydrogens (tertiary/aromatic N) is 3. The highest BCUT2D eigenvalue weighted by Gasteiger charge is 2.28. The van der Waals surface area contributed by atoms with Crippen LogP contribution in [0.5, 0.6) is 0 Å². The Balaban J connectivity index is 2.08. The lowest BCUT2D eigenvalue weighted by Crippen LogP contribution is -2.42. The number of rotatable bonds is 2. The van der Waals surface area contributed by atoms with Crippen LogP contribution in [-0.4, -0.2) is 36.7 Å². The summed E-state index contributed by atoms with van der Waals surface area (Å²) in [6.07, 6.45) is 2.87. The normalized spacial score (nSPS) is 18.1. The van der Waals surface area contributed by atoms with E-state index in [-0.39, 0.29) is 0 Å². The molecule has 0 aromatic carbocycles. The fraction of sp³-hybridized carbons (Fsp3) is 0.636. The van der Waals surface area contributed by atoms with Gasteiger partial charge in [0.25, 0.3) is 0 Å². The van der Waals surface area contributed by atoms with Gasteiger partial charge in [-0.25, -0.2) is 23.5 Å². The summed E-state index contributed by atoms with van der Waals surface area (Å²) < 4.78 is 22.5. The number of piperidine rings is 1. The Labute approximate surface area is 107 Å². The molecule has 1 aliphatic heterocycles. The highest BCUT2D eigenvalue weighted by atomic mass is 32.2. The van der Waals surface area contributed by atoms with E-state index in [1.165, 1.54) is 0 Å². The average Bonchev–Trinajstić information content (AvgIpc) is 2.32. The van der Waals surface area contributed by atoms with E-state index in [9.17, 15) is 8.42 Å². The lowest BCUT2D eigenvalue weighted by molar-refractivity contribution is 0.526. The van der Waals surface area contributed by atoms with Gasteiger partial charge < -0.3 is 4.90 Å². The predicted octanol–water partition coefficient (Wildman–Crippen LogP) is 0.351. The first-order chi connectivity index (χ1) is 8.38. The number of primary sulfonamides is 1. The Hall–Kier alpha value is -1.21. The number of sulfonamides is 1. The molecule has 1 fully saturated rings. The highest BCUT2D eigenvalue weighted by Crippen LogP contribution is 2.20. The first-order valence-electron chi connectivity index (χ1n) is 5.94. The van der Waals surface area contributed by atoms with Crippen LogP contribution in [0.4, 0.5) is 5.95 Å². The number of hydrogen-bond donors (Lipinski definition) is 1. The molecule has 100 valence electrons. The van der Waals surface area contributed by atoms with Gasteiger partial charge in [-0.05, 0) is 32.3 Å².